The number of nitrogens with two attached hydrogens (primary N) is 2. The Hall–Kier alpha value is -4.87. The van der Waals surface area contributed by atoms with E-state index in [-0.39, 0.29) is 30.5 Å². The van der Waals surface area contributed by atoms with E-state index in [0.717, 1.165) is 22.3 Å². The Morgan fingerprint density at radius 1 is 0.574 bits per heavy atom. The Bertz CT molecular complexity index is 1750. The molecule has 0 bridgehead atoms. The van der Waals surface area contributed by atoms with Gasteiger partial charge in [-0.1, -0.05) is 38.1 Å². The molecule has 4 N–H and O–H groups in total. The fraction of sp³-hybridized carbons (Fsp3) is 0.419. The summed E-state index contributed by atoms with van der Waals surface area (Å²) in [5, 5.41) is 0. The van der Waals surface area contributed by atoms with Gasteiger partial charge in [-0.3, -0.25) is 4.79 Å². The molecular weight excluding hydrogens is 694 g/mol. The van der Waals surface area contributed by atoms with Gasteiger partial charge in [-0.15, -0.1) is 0 Å². The number of aryl methyl sites for hydroxylation is 2. The largest absolute Gasteiger partial charge is 0.492 e. The Labute approximate surface area is 317 Å². The van der Waals surface area contributed by atoms with Crippen LogP contribution < -0.4 is 39.9 Å². The van der Waals surface area contributed by atoms with Crippen molar-refractivity contribution in [1.29, 1.82) is 0 Å². The number of rotatable bonds is 20. The van der Waals surface area contributed by atoms with Gasteiger partial charge in [-0.05, 0) is 86.1 Å². The van der Waals surface area contributed by atoms with E-state index in [4.69, 9.17) is 39.9 Å². The van der Waals surface area contributed by atoms with Crippen molar-refractivity contribution < 1.29 is 42.0 Å². The van der Waals surface area contributed by atoms with Crippen LogP contribution in [0.4, 0.5) is 8.78 Å². The number of hydrogen-bond acceptors (Lipinski definition) is 9. The molecule has 0 fully saturated rings. The lowest BCUT2D eigenvalue weighted by Crippen LogP contribution is -2.22. The summed E-state index contributed by atoms with van der Waals surface area (Å²) in [6.45, 7) is 8.40. The van der Waals surface area contributed by atoms with Crippen LogP contribution in [0.5, 0.6) is 34.5 Å². The van der Waals surface area contributed by atoms with E-state index in [1.54, 1.807) is 38.5 Å². The number of hydrogen-bond donors (Lipinski definition) is 2. The molecule has 0 aliphatic carbocycles. The lowest BCUT2D eigenvalue weighted by Gasteiger charge is -2.29. The number of methoxy groups -OCH3 is 4. The number of Topliss-reactive ketones (excluding diaryl/α,β-unsaturated/α-hetero) is 1. The average Bonchev–Trinajstić information content (AvgIpc) is 3.18. The van der Waals surface area contributed by atoms with Crippen LogP contribution in [-0.2, 0) is 30.7 Å². The van der Waals surface area contributed by atoms with Crippen LogP contribution in [0.3, 0.4) is 0 Å². The summed E-state index contributed by atoms with van der Waals surface area (Å²) in [4.78, 5) is 14.7. The Morgan fingerprint density at radius 3 is 1.20 bits per heavy atom. The van der Waals surface area contributed by atoms with E-state index in [0.29, 0.717) is 95.6 Å². The van der Waals surface area contributed by atoms with Gasteiger partial charge in [0.1, 0.15) is 17.4 Å². The van der Waals surface area contributed by atoms with Crippen molar-refractivity contribution in [2.24, 2.45) is 11.5 Å². The van der Waals surface area contributed by atoms with Gasteiger partial charge in [0.25, 0.3) is 0 Å². The summed E-state index contributed by atoms with van der Waals surface area (Å²) >= 11 is 0. The highest BCUT2D eigenvalue weighted by Gasteiger charge is 2.36. The topological polar surface area (TPSA) is 124 Å². The second kappa shape index (κ2) is 19.5. The van der Waals surface area contributed by atoms with Crippen molar-refractivity contribution in [1.82, 2.24) is 0 Å². The SMILES string of the molecule is COc1c(CN)c(C)c(C(C)C(=O)C(C)c2c(C)c(CN)c(OC)c(OCCCc3ccc(F)cc3)c2OC)c(OC)c1OCCCc1ccc(F)cc1. The first-order chi connectivity index (χ1) is 26.0. The van der Waals surface area contributed by atoms with Crippen molar-refractivity contribution >= 4 is 5.78 Å². The summed E-state index contributed by atoms with van der Waals surface area (Å²) in [5.41, 5.74) is 18.8. The summed E-state index contributed by atoms with van der Waals surface area (Å²) in [6.07, 6.45) is 2.63. The maximum atomic E-state index is 14.7. The molecule has 2 unspecified atom stereocenters. The molecule has 0 aliphatic heterocycles. The molecule has 4 rings (SSSR count). The molecule has 11 heteroatoms. The van der Waals surface area contributed by atoms with Crippen molar-refractivity contribution in [3.8, 4) is 34.5 Å². The molecule has 9 nitrogen and oxygen atoms in total. The van der Waals surface area contributed by atoms with Crippen LogP contribution in [-0.4, -0.2) is 47.4 Å². The fourth-order valence-electron chi connectivity index (χ4n) is 7.23. The van der Waals surface area contributed by atoms with Crippen LogP contribution in [0, 0.1) is 25.5 Å². The minimum atomic E-state index is -0.680. The number of ketones is 1. The van der Waals surface area contributed by atoms with E-state index in [9.17, 15) is 13.6 Å². The molecular formula is C43H54F2N2O7. The van der Waals surface area contributed by atoms with Gasteiger partial charge in [0, 0.05) is 47.2 Å². The minimum Gasteiger partial charge on any atom is -0.492 e. The van der Waals surface area contributed by atoms with E-state index < -0.39 is 11.8 Å². The summed E-state index contributed by atoms with van der Waals surface area (Å²) in [7, 11) is 6.17. The zero-order valence-corrected chi connectivity index (χ0v) is 32.7. The van der Waals surface area contributed by atoms with E-state index in [1.807, 2.05) is 27.7 Å². The smallest absolute Gasteiger partial charge is 0.204 e. The second-order valence-corrected chi connectivity index (χ2v) is 13.2. The van der Waals surface area contributed by atoms with Crippen LogP contribution in [0.15, 0.2) is 48.5 Å². The number of halogens is 2. The fourth-order valence-corrected chi connectivity index (χ4v) is 7.23. The zero-order valence-electron chi connectivity index (χ0n) is 32.7. The number of carbonyl (C=O) groups is 1. The minimum absolute atomic E-state index is 0.108. The van der Waals surface area contributed by atoms with E-state index >= 15 is 0 Å². The molecule has 0 aliphatic rings. The third-order valence-corrected chi connectivity index (χ3v) is 10.1. The highest BCUT2D eigenvalue weighted by molar-refractivity contribution is 5.94. The summed E-state index contributed by atoms with van der Waals surface area (Å²) < 4.78 is 63.2. The molecule has 0 saturated carbocycles. The third-order valence-electron chi connectivity index (χ3n) is 10.1. The Morgan fingerprint density at radius 2 is 0.907 bits per heavy atom. The van der Waals surface area contributed by atoms with E-state index in [2.05, 4.69) is 0 Å². The predicted molar refractivity (Wildman–Crippen MR) is 207 cm³/mol. The number of ether oxygens (including phenoxy) is 6. The first kappa shape index (κ1) is 41.9. The predicted octanol–water partition coefficient (Wildman–Crippen LogP) is 8.03. The molecule has 4 aromatic carbocycles. The van der Waals surface area contributed by atoms with Gasteiger partial charge in [-0.25, -0.2) is 8.78 Å². The number of benzene rings is 4. The molecule has 0 heterocycles. The number of carbonyl (C=O) groups excluding carboxylic acids is 1. The highest BCUT2D eigenvalue weighted by Crippen LogP contribution is 2.51. The van der Waals surface area contributed by atoms with Gasteiger partial charge in [0.05, 0.1) is 41.7 Å². The lowest BCUT2D eigenvalue weighted by atomic mass is 9.80. The van der Waals surface area contributed by atoms with Crippen molar-refractivity contribution in [3.63, 3.8) is 0 Å². The molecule has 0 aromatic heterocycles. The van der Waals surface area contributed by atoms with Gasteiger partial charge in [0.2, 0.25) is 11.5 Å². The third kappa shape index (κ3) is 9.07. The first-order valence-corrected chi connectivity index (χ1v) is 18.2. The quantitative estimate of drug-likeness (QED) is 0.0865. The summed E-state index contributed by atoms with van der Waals surface area (Å²) in [6, 6.07) is 12.8. The maximum absolute atomic E-state index is 14.7. The van der Waals surface area contributed by atoms with Crippen LogP contribution in [0.25, 0.3) is 0 Å². The Kier molecular flexibility index (Phi) is 15.1. The molecule has 4 aromatic rings. The van der Waals surface area contributed by atoms with Gasteiger partial charge in [-0.2, -0.15) is 0 Å². The monoisotopic (exact) mass is 748 g/mol. The highest BCUT2D eigenvalue weighted by atomic mass is 19.1. The van der Waals surface area contributed by atoms with Crippen molar-refractivity contribution in [3.05, 3.63) is 105 Å². The molecule has 0 saturated heterocycles. The van der Waals surface area contributed by atoms with Gasteiger partial charge >= 0.3 is 0 Å². The maximum Gasteiger partial charge on any atom is 0.204 e. The normalized spacial score (nSPS) is 12.2. The molecule has 2 atom stereocenters. The Balaban J connectivity index is 1.69. The lowest BCUT2D eigenvalue weighted by molar-refractivity contribution is -0.121. The molecule has 0 amide bonds. The second-order valence-electron chi connectivity index (χ2n) is 13.2. The van der Waals surface area contributed by atoms with Gasteiger partial charge < -0.3 is 39.9 Å². The van der Waals surface area contributed by atoms with Crippen LogP contribution in [0.1, 0.15) is 83.0 Å². The molecule has 0 spiro atoms. The average molecular weight is 749 g/mol. The van der Waals surface area contributed by atoms with Crippen LogP contribution in [0.2, 0.25) is 0 Å². The van der Waals surface area contributed by atoms with Gasteiger partial charge in [0.15, 0.2) is 23.0 Å². The van der Waals surface area contributed by atoms with Crippen molar-refractivity contribution in [2.75, 3.05) is 41.7 Å². The zero-order chi connectivity index (χ0) is 39.5. The molecule has 0 radical (unpaired) electrons. The molecule has 54 heavy (non-hydrogen) atoms. The molecule has 292 valence electrons. The standard InChI is InChI=1S/C43H54F2N2O7/c1-25-33(23-46)38(49-5)42(53-21-9-11-29-13-17-31(44)18-14-29)40(51-7)35(25)27(3)37(48)28(4)36-26(2)34(24-47)39(50-6)43(41(36)52-8)54-22-10-12-30-15-19-32(45)20-16-30/h13-20,27-28H,9-12,21-24,46-47H2,1-8H3. The van der Waals surface area contributed by atoms with Crippen LogP contribution >= 0.6 is 0 Å². The van der Waals surface area contributed by atoms with E-state index in [1.165, 1.54) is 38.5 Å². The van der Waals surface area contributed by atoms with Crippen molar-refractivity contribution in [2.45, 2.75) is 78.3 Å². The first-order valence-electron chi connectivity index (χ1n) is 18.2. The summed E-state index contributed by atoms with van der Waals surface area (Å²) in [5.74, 6) is 0.383.